The second-order valence-corrected chi connectivity index (χ2v) is 10.2. The van der Waals surface area contributed by atoms with Gasteiger partial charge in [0.15, 0.2) is 0 Å². The van der Waals surface area contributed by atoms with Crippen molar-refractivity contribution in [3.8, 4) is 0 Å². The van der Waals surface area contributed by atoms with Gasteiger partial charge in [0.25, 0.3) is 0 Å². The van der Waals surface area contributed by atoms with Gasteiger partial charge in [0.1, 0.15) is 12.6 Å². The minimum absolute atomic E-state index is 0.0570. The molecular weight excluding hydrogens is 424 g/mol. The highest BCUT2D eigenvalue weighted by molar-refractivity contribution is 5.90. The quantitative estimate of drug-likeness (QED) is 0.543. The van der Waals surface area contributed by atoms with Gasteiger partial charge in [-0.1, -0.05) is 68.4 Å². The van der Waals surface area contributed by atoms with Crippen molar-refractivity contribution in [3.05, 3.63) is 76.9 Å². The average Bonchev–Trinajstić information content (AvgIpc) is 3.22. The molecule has 1 fully saturated rings. The van der Waals surface area contributed by atoms with Crippen molar-refractivity contribution in [2.75, 3.05) is 20.7 Å². The van der Waals surface area contributed by atoms with Crippen molar-refractivity contribution in [2.45, 2.75) is 57.2 Å². The number of esters is 1. The van der Waals surface area contributed by atoms with Crippen LogP contribution in [0.25, 0.3) is 5.57 Å². The third-order valence-electron chi connectivity index (χ3n) is 8.72. The molecule has 1 aliphatic carbocycles. The van der Waals surface area contributed by atoms with E-state index in [1.54, 1.807) is 0 Å². The van der Waals surface area contributed by atoms with E-state index in [1.165, 1.54) is 29.4 Å². The van der Waals surface area contributed by atoms with Crippen molar-refractivity contribution < 1.29 is 18.8 Å². The van der Waals surface area contributed by atoms with Crippen LogP contribution in [0.2, 0.25) is 0 Å². The number of nitrogens with zero attached hydrogens (tertiary/aromatic N) is 1. The van der Waals surface area contributed by atoms with E-state index in [0.717, 1.165) is 12.0 Å². The van der Waals surface area contributed by atoms with Gasteiger partial charge in [-0.05, 0) is 35.2 Å². The van der Waals surface area contributed by atoms with E-state index in [4.69, 9.17) is 4.74 Å². The zero-order valence-electron chi connectivity index (χ0n) is 20.6. The SMILES string of the molecule is CCC(=O)[N+]12CC3=C(C[C@@]1(C(=O)OC)CC(C)C(NC)C2c1ccccc1)c1ccccc1C3. The van der Waals surface area contributed by atoms with Crippen molar-refractivity contribution in [1.29, 1.82) is 0 Å². The highest BCUT2D eigenvalue weighted by Gasteiger charge is 2.71. The molecule has 3 aliphatic rings. The van der Waals surface area contributed by atoms with E-state index in [-0.39, 0.29) is 34.4 Å². The van der Waals surface area contributed by atoms with E-state index < -0.39 is 5.54 Å². The standard InChI is InChI=1S/C29H35N2O3/c1-5-25(32)31-18-22-15-21-13-9-10-14-23(21)24(22)17-29(31,28(33)34-4)16-19(2)26(30-3)27(31)20-11-7-6-8-12-20/h6-14,19,26-27,30H,5,15-18H2,1-4H3/q+1/t19?,26?,27?,29-,31?/m1/s1. The number of hydrogen-bond donors (Lipinski definition) is 1. The lowest BCUT2D eigenvalue weighted by molar-refractivity contribution is -0.932. The maximum absolute atomic E-state index is 14.3. The fourth-order valence-corrected chi connectivity index (χ4v) is 7.42. The Morgan fingerprint density at radius 2 is 1.82 bits per heavy atom. The summed E-state index contributed by atoms with van der Waals surface area (Å²) in [5.41, 5.74) is 5.23. The van der Waals surface area contributed by atoms with Gasteiger partial charge in [0.05, 0.1) is 19.6 Å². The van der Waals surface area contributed by atoms with E-state index in [2.05, 4.69) is 48.6 Å². The summed E-state index contributed by atoms with van der Waals surface area (Å²) >= 11 is 0. The van der Waals surface area contributed by atoms with Gasteiger partial charge in [-0.25, -0.2) is 14.1 Å². The lowest BCUT2D eigenvalue weighted by Crippen LogP contribution is -2.79. The van der Waals surface area contributed by atoms with Crippen LogP contribution in [-0.2, 0) is 20.7 Å². The number of benzene rings is 2. The molecule has 0 saturated carbocycles. The van der Waals surface area contributed by atoms with Gasteiger partial charge >= 0.3 is 11.9 Å². The van der Waals surface area contributed by atoms with Gasteiger partial charge in [0, 0.05) is 24.8 Å². The van der Waals surface area contributed by atoms with E-state index in [9.17, 15) is 9.59 Å². The fraction of sp³-hybridized carbons (Fsp3) is 0.448. The van der Waals surface area contributed by atoms with Gasteiger partial charge < -0.3 is 10.1 Å². The topological polar surface area (TPSA) is 55.4 Å². The highest BCUT2D eigenvalue weighted by atomic mass is 16.5. The molecule has 5 atom stereocenters. The van der Waals surface area contributed by atoms with Crippen molar-refractivity contribution in [1.82, 2.24) is 5.32 Å². The maximum Gasteiger partial charge on any atom is 0.368 e. The zero-order valence-corrected chi connectivity index (χ0v) is 20.6. The number of carbonyl (C=O) groups is 2. The molecule has 2 aliphatic heterocycles. The number of likely N-dealkylation sites (N-methyl/N-ethyl adjacent to an activating group) is 1. The summed E-state index contributed by atoms with van der Waals surface area (Å²) in [7, 11) is 3.45. The number of ether oxygens (including phenoxy) is 1. The fourth-order valence-electron chi connectivity index (χ4n) is 7.42. The predicted molar refractivity (Wildman–Crippen MR) is 133 cm³/mol. The number of quaternary nitrogens is 1. The van der Waals surface area contributed by atoms with Crippen LogP contribution in [0, 0.1) is 5.92 Å². The number of hydrogen-bond acceptors (Lipinski definition) is 4. The summed E-state index contributed by atoms with van der Waals surface area (Å²) in [4.78, 5) is 28.2. The van der Waals surface area contributed by atoms with Crippen LogP contribution in [0.1, 0.15) is 55.8 Å². The molecule has 4 unspecified atom stereocenters. The van der Waals surface area contributed by atoms with Crippen LogP contribution in [0.15, 0.2) is 60.2 Å². The molecule has 5 nitrogen and oxygen atoms in total. The first kappa shape index (κ1) is 23.0. The average molecular weight is 460 g/mol. The van der Waals surface area contributed by atoms with Crippen molar-refractivity contribution in [2.24, 2.45) is 5.92 Å². The first-order valence-electron chi connectivity index (χ1n) is 12.4. The van der Waals surface area contributed by atoms with Gasteiger partial charge in [0.2, 0.25) is 5.54 Å². The second kappa shape index (κ2) is 8.47. The smallest absolute Gasteiger partial charge is 0.368 e. The van der Waals surface area contributed by atoms with E-state index in [0.29, 0.717) is 25.8 Å². The molecule has 2 heterocycles. The molecule has 1 saturated heterocycles. The normalized spacial score (nSPS) is 31.9. The van der Waals surface area contributed by atoms with Crippen molar-refractivity contribution >= 4 is 17.4 Å². The van der Waals surface area contributed by atoms with Gasteiger partial charge in [-0.2, -0.15) is 0 Å². The maximum atomic E-state index is 14.3. The van der Waals surface area contributed by atoms with Crippen LogP contribution in [-0.4, -0.2) is 48.6 Å². The number of rotatable bonds is 4. The van der Waals surface area contributed by atoms with Gasteiger partial charge in [-0.3, -0.25) is 0 Å². The van der Waals surface area contributed by atoms with Crippen LogP contribution in [0.5, 0.6) is 0 Å². The Bertz CT molecular complexity index is 1160. The third-order valence-corrected chi connectivity index (χ3v) is 8.72. The van der Waals surface area contributed by atoms with Crippen molar-refractivity contribution in [3.63, 3.8) is 0 Å². The summed E-state index contributed by atoms with van der Waals surface area (Å²) in [5, 5.41) is 3.55. The molecule has 178 valence electrons. The molecule has 0 spiro atoms. The first-order valence-corrected chi connectivity index (χ1v) is 12.4. The molecule has 34 heavy (non-hydrogen) atoms. The number of fused-ring (bicyclic) bond motifs is 3. The number of nitrogens with one attached hydrogen (secondary N) is 1. The molecule has 5 rings (SSSR count). The Balaban J connectivity index is 1.81. The second-order valence-electron chi connectivity index (χ2n) is 10.2. The molecule has 2 aromatic rings. The molecule has 1 amide bonds. The number of amides is 1. The molecule has 5 heteroatoms. The number of piperidine rings is 1. The Morgan fingerprint density at radius 3 is 2.50 bits per heavy atom. The summed E-state index contributed by atoms with van der Waals surface area (Å²) < 4.78 is 5.67. The minimum Gasteiger partial charge on any atom is -0.464 e. The molecule has 1 N–H and O–H groups in total. The molecule has 0 radical (unpaired) electrons. The molecule has 0 aromatic heterocycles. The van der Waals surface area contributed by atoms with Crippen LogP contribution in [0.4, 0.5) is 0 Å². The molecular formula is C29H35N2O3+. The first-order chi connectivity index (χ1) is 16.4. The Morgan fingerprint density at radius 1 is 1.12 bits per heavy atom. The Kier molecular flexibility index (Phi) is 5.73. The van der Waals surface area contributed by atoms with Gasteiger partial charge in [-0.15, -0.1) is 0 Å². The number of methoxy groups -OCH3 is 1. The zero-order chi connectivity index (χ0) is 24.1. The number of carbonyl (C=O) groups excluding carboxylic acids is 2. The van der Waals surface area contributed by atoms with E-state index >= 15 is 0 Å². The largest absolute Gasteiger partial charge is 0.464 e. The summed E-state index contributed by atoms with van der Waals surface area (Å²) in [5.74, 6) is 0.0467. The highest BCUT2D eigenvalue weighted by Crippen LogP contribution is 2.58. The lowest BCUT2D eigenvalue weighted by atomic mass is 9.65. The van der Waals surface area contributed by atoms with Crippen LogP contribution in [0.3, 0.4) is 0 Å². The molecule has 0 bridgehead atoms. The molecule has 2 aromatic carbocycles. The van der Waals surface area contributed by atoms with Crippen LogP contribution < -0.4 is 5.32 Å². The Labute approximate surface area is 202 Å². The third kappa shape index (κ3) is 2.99. The summed E-state index contributed by atoms with van der Waals surface area (Å²) in [6.07, 6.45) is 2.38. The summed E-state index contributed by atoms with van der Waals surface area (Å²) in [6.45, 7) is 4.69. The lowest BCUT2D eigenvalue weighted by Gasteiger charge is -2.61. The Hall–Kier alpha value is -2.76. The summed E-state index contributed by atoms with van der Waals surface area (Å²) in [6, 6.07) is 18.7. The van der Waals surface area contributed by atoms with E-state index in [1.807, 2.05) is 32.2 Å². The minimum atomic E-state index is -0.953. The predicted octanol–water partition coefficient (Wildman–Crippen LogP) is 4.43. The van der Waals surface area contributed by atoms with Crippen LogP contribution >= 0.6 is 0 Å². The monoisotopic (exact) mass is 459 g/mol.